The summed E-state index contributed by atoms with van der Waals surface area (Å²) in [6.45, 7) is 6.67. The van der Waals surface area contributed by atoms with Crippen LogP contribution in [0.15, 0.2) is 47.3 Å². The topological polar surface area (TPSA) is 67.9 Å². The first-order chi connectivity index (χ1) is 16.8. The van der Waals surface area contributed by atoms with Crippen molar-refractivity contribution in [3.05, 3.63) is 70.0 Å². The van der Waals surface area contributed by atoms with Crippen LogP contribution in [-0.2, 0) is 13.5 Å². The monoisotopic (exact) mass is 475 g/mol. The molecule has 0 bridgehead atoms. The third kappa shape index (κ3) is 6.16. The minimum atomic E-state index is -0.630. The Balaban J connectivity index is 2.10. The lowest BCUT2D eigenvalue weighted by Crippen LogP contribution is -2.25. The molecule has 5 nitrogen and oxygen atoms in total. The van der Waals surface area contributed by atoms with Gasteiger partial charge in [-0.25, -0.2) is 9.37 Å². The highest BCUT2D eigenvalue weighted by atomic mass is 19.1. The lowest BCUT2D eigenvalue weighted by Gasteiger charge is -2.19. The van der Waals surface area contributed by atoms with Gasteiger partial charge in [-0.3, -0.25) is 9.36 Å². The van der Waals surface area contributed by atoms with E-state index in [1.807, 2.05) is 6.07 Å². The number of methoxy groups -OCH3 is 1. The molecule has 1 unspecified atom stereocenters. The molecule has 0 fully saturated rings. The number of halogens is 1. The molecule has 6 heteroatoms. The molecule has 0 amide bonds. The van der Waals surface area contributed by atoms with E-state index in [4.69, 9.17) is 15.0 Å². The van der Waals surface area contributed by atoms with Gasteiger partial charge in [-0.1, -0.05) is 58.2 Å². The number of nitriles is 1. The number of aromatic nitrogens is 2. The normalized spacial score (nSPS) is 11.9. The molecule has 1 atom stereocenters. The molecule has 1 aromatic heterocycles. The maximum absolute atomic E-state index is 14.5. The number of benzene rings is 2. The number of aryl methyl sites for hydroxylation is 1. The number of rotatable bonds is 10. The van der Waals surface area contributed by atoms with E-state index in [-0.39, 0.29) is 11.1 Å². The van der Waals surface area contributed by atoms with E-state index in [0.717, 1.165) is 19.3 Å². The molecular formula is C29H34FN3O2. The summed E-state index contributed by atoms with van der Waals surface area (Å²) in [5.74, 6) is 1.94. The van der Waals surface area contributed by atoms with Crippen molar-refractivity contribution in [1.82, 2.24) is 9.55 Å². The Morgan fingerprint density at radius 2 is 1.77 bits per heavy atom. The zero-order chi connectivity index (χ0) is 25.5. The molecule has 184 valence electrons. The van der Waals surface area contributed by atoms with Crippen molar-refractivity contribution in [3.63, 3.8) is 0 Å². The van der Waals surface area contributed by atoms with E-state index in [1.165, 1.54) is 18.6 Å². The van der Waals surface area contributed by atoms with E-state index in [2.05, 4.69) is 20.8 Å². The highest BCUT2D eigenvalue weighted by molar-refractivity contribution is 5.80. The first-order valence-corrected chi connectivity index (χ1v) is 12.2. The molecule has 0 aliphatic carbocycles. The highest BCUT2D eigenvalue weighted by Crippen LogP contribution is 2.31. The van der Waals surface area contributed by atoms with Gasteiger partial charge < -0.3 is 4.74 Å². The second-order valence-corrected chi connectivity index (χ2v) is 9.43. The van der Waals surface area contributed by atoms with Gasteiger partial charge in [-0.15, -0.1) is 0 Å². The molecule has 0 spiro atoms. The van der Waals surface area contributed by atoms with Crippen molar-refractivity contribution in [2.75, 3.05) is 7.11 Å². The summed E-state index contributed by atoms with van der Waals surface area (Å²) in [5.41, 5.74) is 1.74. The van der Waals surface area contributed by atoms with Crippen molar-refractivity contribution < 1.29 is 9.13 Å². The third-order valence-electron chi connectivity index (χ3n) is 6.63. The quantitative estimate of drug-likeness (QED) is 0.334. The fourth-order valence-electron chi connectivity index (χ4n) is 4.30. The van der Waals surface area contributed by atoms with Gasteiger partial charge in [-0.2, -0.15) is 5.26 Å². The number of hydrogen-bond donors (Lipinski definition) is 0. The minimum absolute atomic E-state index is 0.0419. The van der Waals surface area contributed by atoms with Crippen LogP contribution < -0.4 is 10.3 Å². The van der Waals surface area contributed by atoms with Gasteiger partial charge in [0.15, 0.2) is 0 Å². The maximum atomic E-state index is 14.5. The second kappa shape index (κ2) is 11.8. The molecule has 0 saturated carbocycles. The van der Waals surface area contributed by atoms with E-state index in [1.54, 1.807) is 49.1 Å². The smallest absolute Gasteiger partial charge is 0.261 e. The van der Waals surface area contributed by atoms with Crippen molar-refractivity contribution in [2.45, 2.75) is 52.9 Å². The molecule has 0 aliphatic rings. The third-order valence-corrected chi connectivity index (χ3v) is 6.63. The first-order valence-electron chi connectivity index (χ1n) is 12.2. The predicted octanol–water partition coefficient (Wildman–Crippen LogP) is 6.53. The van der Waals surface area contributed by atoms with E-state index < -0.39 is 5.82 Å². The molecule has 0 N–H and O–H groups in total. The van der Waals surface area contributed by atoms with Gasteiger partial charge in [0.1, 0.15) is 23.5 Å². The van der Waals surface area contributed by atoms with Crippen LogP contribution in [0, 0.1) is 29.0 Å². The van der Waals surface area contributed by atoms with Gasteiger partial charge in [0.2, 0.25) is 0 Å². The van der Waals surface area contributed by atoms with Crippen molar-refractivity contribution in [2.24, 2.45) is 18.9 Å². The fraction of sp³-hybridized carbons (Fsp3) is 0.414. The lowest BCUT2D eigenvalue weighted by atomic mass is 9.91. The van der Waals surface area contributed by atoms with Crippen molar-refractivity contribution in [3.8, 4) is 34.2 Å². The van der Waals surface area contributed by atoms with Crippen molar-refractivity contribution in [1.29, 1.82) is 5.26 Å². The van der Waals surface area contributed by atoms with E-state index >= 15 is 0 Å². The van der Waals surface area contributed by atoms with Gasteiger partial charge >= 0.3 is 0 Å². The van der Waals surface area contributed by atoms with E-state index in [9.17, 15) is 9.18 Å². The molecule has 0 saturated heterocycles. The van der Waals surface area contributed by atoms with Crippen LogP contribution in [0.1, 0.15) is 57.8 Å². The van der Waals surface area contributed by atoms with Gasteiger partial charge in [0.05, 0.1) is 23.9 Å². The van der Waals surface area contributed by atoms with Crippen LogP contribution >= 0.6 is 0 Å². The fourth-order valence-corrected chi connectivity index (χ4v) is 4.30. The Kier molecular flexibility index (Phi) is 8.81. The summed E-state index contributed by atoms with van der Waals surface area (Å²) in [6.07, 6.45) is 5.01. The molecule has 0 aliphatic heterocycles. The van der Waals surface area contributed by atoms with E-state index in [0.29, 0.717) is 52.2 Å². The average Bonchev–Trinajstić information content (AvgIpc) is 2.86. The minimum Gasteiger partial charge on any atom is -0.497 e. The Morgan fingerprint density at radius 1 is 1.09 bits per heavy atom. The maximum Gasteiger partial charge on any atom is 0.261 e. The Morgan fingerprint density at radius 3 is 2.34 bits per heavy atom. The van der Waals surface area contributed by atoms with Crippen LogP contribution in [0.5, 0.6) is 5.75 Å². The van der Waals surface area contributed by atoms with Crippen LogP contribution in [0.4, 0.5) is 4.39 Å². The zero-order valence-corrected chi connectivity index (χ0v) is 21.3. The Labute approximate surface area is 207 Å². The summed E-state index contributed by atoms with van der Waals surface area (Å²) in [7, 11) is 3.33. The predicted molar refractivity (Wildman–Crippen MR) is 138 cm³/mol. The molecule has 3 aromatic rings. The second-order valence-electron chi connectivity index (χ2n) is 9.43. The average molecular weight is 476 g/mol. The molecule has 2 aromatic carbocycles. The molecule has 0 radical (unpaired) electrons. The standard InChI is InChI=1S/C29H34FN3O2/c1-6-20(8-7-19(2)3)9-16-26-32-28(22-10-11-23(18-31)25(30)17-22)27(29(34)33(26)4)21-12-14-24(35-5)15-13-21/h10-15,17,19-20H,6-9,16H2,1-5H3. The Hall–Kier alpha value is -3.46. The summed E-state index contributed by atoms with van der Waals surface area (Å²) in [6, 6.07) is 13.4. The van der Waals surface area contributed by atoms with Gasteiger partial charge in [0, 0.05) is 19.0 Å². The number of ether oxygens (including phenoxy) is 1. The number of nitrogens with zero attached hydrogens (tertiary/aromatic N) is 3. The molecular weight excluding hydrogens is 441 g/mol. The summed E-state index contributed by atoms with van der Waals surface area (Å²) >= 11 is 0. The Bertz CT molecular complexity index is 1260. The highest BCUT2D eigenvalue weighted by Gasteiger charge is 2.20. The summed E-state index contributed by atoms with van der Waals surface area (Å²) < 4.78 is 21.4. The van der Waals surface area contributed by atoms with Crippen LogP contribution in [0.2, 0.25) is 0 Å². The van der Waals surface area contributed by atoms with Crippen LogP contribution in [0.3, 0.4) is 0 Å². The summed E-state index contributed by atoms with van der Waals surface area (Å²) in [5, 5.41) is 9.14. The molecule has 1 heterocycles. The van der Waals surface area contributed by atoms with Gasteiger partial charge in [-0.05, 0) is 48.1 Å². The zero-order valence-electron chi connectivity index (χ0n) is 21.3. The summed E-state index contributed by atoms with van der Waals surface area (Å²) in [4.78, 5) is 18.5. The first kappa shape index (κ1) is 26.2. The lowest BCUT2D eigenvalue weighted by molar-refractivity contribution is 0.386. The van der Waals surface area contributed by atoms with Crippen LogP contribution in [0.25, 0.3) is 22.4 Å². The largest absolute Gasteiger partial charge is 0.497 e. The van der Waals surface area contributed by atoms with Crippen LogP contribution in [-0.4, -0.2) is 16.7 Å². The number of hydrogen-bond acceptors (Lipinski definition) is 4. The molecule has 35 heavy (non-hydrogen) atoms. The SMILES string of the molecule is CCC(CCc1nc(-c2ccc(C#N)c(F)c2)c(-c2ccc(OC)cc2)c(=O)n1C)CCC(C)C. The van der Waals surface area contributed by atoms with Crippen molar-refractivity contribution >= 4 is 0 Å². The molecule has 3 rings (SSSR count). The van der Waals surface area contributed by atoms with Gasteiger partial charge in [0.25, 0.3) is 5.56 Å².